The van der Waals surface area contributed by atoms with Crippen LogP contribution in [0, 0.1) is 5.82 Å². The fourth-order valence-electron chi connectivity index (χ4n) is 3.93. The van der Waals surface area contributed by atoms with Crippen molar-refractivity contribution >= 4 is 40.2 Å². The molecule has 11 heteroatoms. The minimum absolute atomic E-state index is 0.00176. The lowest BCUT2D eigenvalue weighted by atomic mass is 9.85. The summed E-state index contributed by atoms with van der Waals surface area (Å²) < 4.78 is 56.7. The maximum absolute atomic E-state index is 14.3. The van der Waals surface area contributed by atoms with E-state index in [1.165, 1.54) is 25.5 Å². The molecular weight excluding hydrogens is 490 g/mol. The van der Waals surface area contributed by atoms with E-state index in [0.29, 0.717) is 21.9 Å². The molecule has 0 spiro atoms. The number of hydrogen-bond acceptors (Lipinski definition) is 5. The lowest BCUT2D eigenvalue weighted by Gasteiger charge is -2.29. The highest BCUT2D eigenvalue weighted by Crippen LogP contribution is 2.49. The van der Waals surface area contributed by atoms with Gasteiger partial charge in [-0.3, -0.25) is 4.79 Å². The van der Waals surface area contributed by atoms with Crippen molar-refractivity contribution in [2.24, 2.45) is 10.3 Å². The van der Waals surface area contributed by atoms with Gasteiger partial charge in [0.25, 0.3) is 11.5 Å². The zero-order chi connectivity index (χ0) is 25.2. The molecule has 182 valence electrons. The van der Waals surface area contributed by atoms with Gasteiger partial charge in [0.2, 0.25) is 0 Å². The molecule has 0 bridgehead atoms. The van der Waals surface area contributed by atoms with E-state index in [1.807, 2.05) is 0 Å². The van der Waals surface area contributed by atoms with Crippen LogP contribution in [0.25, 0.3) is 10.8 Å². The van der Waals surface area contributed by atoms with Gasteiger partial charge in [-0.15, -0.1) is 0 Å². The van der Waals surface area contributed by atoms with Gasteiger partial charge in [-0.05, 0) is 35.0 Å². The van der Waals surface area contributed by atoms with E-state index < -0.39 is 35.5 Å². The third-order valence-electron chi connectivity index (χ3n) is 5.53. The maximum atomic E-state index is 14.3. The Morgan fingerprint density at radius 1 is 1.23 bits per heavy atom. The molecule has 1 aliphatic heterocycles. The van der Waals surface area contributed by atoms with Gasteiger partial charge in [-0.1, -0.05) is 52.2 Å². The van der Waals surface area contributed by atoms with Crippen molar-refractivity contribution in [2.45, 2.75) is 18.2 Å². The lowest BCUT2D eigenvalue weighted by Crippen LogP contribution is -2.42. The predicted molar refractivity (Wildman–Crippen MR) is 123 cm³/mol. The topological polar surface area (TPSA) is 72.3 Å². The highest BCUT2D eigenvalue weighted by atomic mass is 35.5. The number of nitrogens with one attached hydrogen (secondary N) is 1. The number of hydrogen-bond donors (Lipinski definition) is 1. The molecule has 1 unspecified atom stereocenters. The van der Waals surface area contributed by atoms with Gasteiger partial charge in [0.15, 0.2) is 0 Å². The maximum Gasteiger partial charge on any atom is 0.435 e. The average Bonchev–Trinajstić information content (AvgIpc) is 3.27. The van der Waals surface area contributed by atoms with E-state index >= 15 is 0 Å². The highest BCUT2D eigenvalue weighted by molar-refractivity contribution is 6.30. The molecule has 1 N–H and O–H groups in total. The molecule has 0 saturated heterocycles. The number of fused-ring (bicyclic) bond motifs is 1. The first kappa shape index (κ1) is 24.5. The zero-order valence-corrected chi connectivity index (χ0v) is 19.0. The fraction of sp³-hybridized carbons (Fsp3) is 0.208. The van der Waals surface area contributed by atoms with Gasteiger partial charge in [0.05, 0.1) is 18.5 Å². The van der Waals surface area contributed by atoms with Gasteiger partial charge in [0.1, 0.15) is 12.9 Å². The molecule has 0 fully saturated rings. The number of rotatable bonds is 6. The molecule has 0 aliphatic carbocycles. The second kappa shape index (κ2) is 9.53. The normalized spacial score (nSPS) is 17.9. The Hall–Kier alpha value is -3.66. The van der Waals surface area contributed by atoms with Crippen LogP contribution in [0.15, 0.2) is 64.9 Å². The molecule has 1 heterocycles. The van der Waals surface area contributed by atoms with Gasteiger partial charge < -0.3 is 15.0 Å². The van der Waals surface area contributed by atoms with Crippen LogP contribution in [0.1, 0.15) is 27.9 Å². The summed E-state index contributed by atoms with van der Waals surface area (Å²) >= 11 is 5.82. The van der Waals surface area contributed by atoms with Crippen molar-refractivity contribution in [1.82, 2.24) is 5.32 Å². The Labute approximate surface area is 202 Å². The van der Waals surface area contributed by atoms with E-state index in [2.05, 4.69) is 20.5 Å². The fourth-order valence-corrected chi connectivity index (χ4v) is 4.15. The Balaban J connectivity index is 1.73. The summed E-state index contributed by atoms with van der Waals surface area (Å²) in [7, 11) is 1.37. The molecule has 0 saturated carbocycles. The second-order valence-corrected chi connectivity index (χ2v) is 8.11. The highest BCUT2D eigenvalue weighted by Gasteiger charge is 2.62. The number of halogens is 5. The van der Waals surface area contributed by atoms with Crippen LogP contribution in [0.3, 0.4) is 0 Å². The molecule has 0 radical (unpaired) electrons. The van der Waals surface area contributed by atoms with Crippen molar-refractivity contribution in [3.63, 3.8) is 0 Å². The number of alkyl halides is 3. The molecule has 1 atom stereocenters. The zero-order valence-electron chi connectivity index (χ0n) is 18.2. The summed E-state index contributed by atoms with van der Waals surface area (Å²) in [5, 5.41) is 10.8. The summed E-state index contributed by atoms with van der Waals surface area (Å²) in [5.41, 5.74) is -2.74. The van der Waals surface area contributed by atoms with E-state index in [0.717, 1.165) is 18.2 Å². The van der Waals surface area contributed by atoms with Gasteiger partial charge >= 0.3 is 6.18 Å². The van der Waals surface area contributed by atoms with E-state index in [1.54, 1.807) is 24.3 Å². The van der Waals surface area contributed by atoms with Crippen LogP contribution in [0.4, 0.5) is 17.6 Å². The molecule has 1 aliphatic rings. The number of amides is 1. The Morgan fingerprint density at radius 3 is 2.66 bits per heavy atom. The summed E-state index contributed by atoms with van der Waals surface area (Å²) in [6.07, 6.45) is -4.26. The first-order valence-corrected chi connectivity index (χ1v) is 10.7. The average molecular weight is 508 g/mol. The van der Waals surface area contributed by atoms with E-state index in [-0.39, 0.29) is 17.3 Å². The largest absolute Gasteiger partial charge is 0.435 e. The number of benzene rings is 3. The van der Waals surface area contributed by atoms with E-state index in [4.69, 9.17) is 16.4 Å². The Morgan fingerprint density at radius 2 is 1.97 bits per heavy atom. The first-order chi connectivity index (χ1) is 16.7. The third-order valence-corrected chi connectivity index (χ3v) is 5.75. The molecule has 6 nitrogen and oxygen atoms in total. The lowest BCUT2D eigenvalue weighted by molar-refractivity contribution is -0.275. The molecule has 3 aromatic rings. The minimum atomic E-state index is -4.92. The number of oxime groups is 2. The number of carbonyl (C=O) groups excluding carboxylic acids is 1. The second-order valence-electron chi connectivity index (χ2n) is 7.68. The molecule has 1 amide bonds. The standard InChI is InChI=1S/C24H18ClF4N3O3/c1-34-31-9-8-30-22(33)20-7-6-19(17-4-2-3-5-18(17)20)21-13-23(35-32-21,24(27,28)29)14-10-15(25)12-16(26)11-14/h2-7,9-12H,8,13H2,1H3,(H,30,33). The third kappa shape index (κ3) is 4.66. The van der Waals surface area contributed by atoms with Gasteiger partial charge in [-0.25, -0.2) is 4.39 Å². The van der Waals surface area contributed by atoms with Crippen LogP contribution >= 0.6 is 11.6 Å². The van der Waals surface area contributed by atoms with Crippen LogP contribution < -0.4 is 5.32 Å². The first-order valence-electron chi connectivity index (χ1n) is 10.3. The quantitative estimate of drug-likeness (QED) is 0.269. The smallest absolute Gasteiger partial charge is 0.399 e. The minimum Gasteiger partial charge on any atom is -0.399 e. The van der Waals surface area contributed by atoms with Gasteiger partial charge in [-0.2, -0.15) is 13.2 Å². The summed E-state index contributed by atoms with van der Waals surface area (Å²) in [6, 6.07) is 12.4. The van der Waals surface area contributed by atoms with Gasteiger partial charge in [0, 0.05) is 28.1 Å². The SMILES string of the molecule is CON=CCNC(=O)c1ccc(C2=NOC(c3cc(F)cc(Cl)c3)(C(F)(F)F)C2)c2ccccc12. The van der Waals surface area contributed by atoms with Crippen molar-refractivity contribution in [3.8, 4) is 0 Å². The van der Waals surface area contributed by atoms with Crippen LogP contribution in [-0.2, 0) is 15.3 Å². The van der Waals surface area contributed by atoms with Crippen LogP contribution in [0.5, 0.6) is 0 Å². The monoisotopic (exact) mass is 507 g/mol. The summed E-state index contributed by atoms with van der Waals surface area (Å²) in [4.78, 5) is 22.2. The van der Waals surface area contributed by atoms with Crippen molar-refractivity contribution in [3.05, 3.63) is 82.1 Å². The summed E-state index contributed by atoms with van der Waals surface area (Å²) in [5.74, 6) is -1.33. The molecule has 0 aromatic heterocycles. The van der Waals surface area contributed by atoms with Crippen LogP contribution in [0.2, 0.25) is 5.02 Å². The Bertz CT molecular complexity index is 1320. The van der Waals surface area contributed by atoms with Crippen LogP contribution in [-0.4, -0.2) is 37.7 Å². The van der Waals surface area contributed by atoms with Crippen molar-refractivity contribution in [1.29, 1.82) is 0 Å². The molecule has 3 aromatic carbocycles. The molecule has 35 heavy (non-hydrogen) atoms. The number of nitrogens with zero attached hydrogens (tertiary/aromatic N) is 2. The molecular formula is C24H18ClF4N3O3. The van der Waals surface area contributed by atoms with Crippen molar-refractivity contribution in [2.75, 3.05) is 13.7 Å². The Kier molecular flexibility index (Phi) is 6.66. The molecule has 4 rings (SSSR count). The van der Waals surface area contributed by atoms with E-state index in [9.17, 15) is 22.4 Å². The number of carbonyl (C=O) groups is 1. The van der Waals surface area contributed by atoms with Crippen molar-refractivity contribution < 1.29 is 32.0 Å². The predicted octanol–water partition coefficient (Wildman–Crippen LogP) is 5.58. The summed E-state index contributed by atoms with van der Waals surface area (Å²) in [6.45, 7) is 0.119.